The number of hydrogen-bond donors (Lipinski definition) is 0. The predicted octanol–water partition coefficient (Wildman–Crippen LogP) is 4.04. The van der Waals surface area contributed by atoms with E-state index in [0.29, 0.717) is 45.3 Å². The average Bonchev–Trinajstić information content (AvgIpc) is 3.16. The van der Waals surface area contributed by atoms with Crippen molar-refractivity contribution in [3.63, 3.8) is 0 Å². The molecule has 1 fully saturated rings. The van der Waals surface area contributed by atoms with Crippen LogP contribution in [0.5, 0.6) is 0 Å². The minimum absolute atomic E-state index is 0.0832. The molecule has 1 aliphatic carbocycles. The lowest BCUT2D eigenvalue weighted by molar-refractivity contribution is 0.354. The topological polar surface area (TPSA) is 65.1 Å². The molecule has 3 aromatic rings. The fraction of sp³-hybridized carbons (Fsp3) is 0.522. The van der Waals surface area contributed by atoms with E-state index in [4.69, 9.17) is 28.2 Å². The second kappa shape index (κ2) is 8.27. The molecule has 2 aromatic heterocycles. The molecule has 2 aliphatic rings. The summed E-state index contributed by atoms with van der Waals surface area (Å²) in [5, 5.41) is 0.940. The molecule has 1 atom stereocenters. The maximum absolute atomic E-state index is 13.6. The molecule has 170 valence electrons. The molecule has 0 amide bonds. The zero-order valence-electron chi connectivity index (χ0n) is 18.4. The van der Waals surface area contributed by atoms with E-state index < -0.39 is 5.69 Å². The molecule has 0 radical (unpaired) electrons. The van der Waals surface area contributed by atoms with Crippen LogP contribution in [0, 0.1) is 5.92 Å². The molecule has 0 bridgehead atoms. The Labute approximate surface area is 196 Å². The third-order valence-corrected chi connectivity index (χ3v) is 7.42. The number of imidazole rings is 1. The Morgan fingerprint density at radius 2 is 1.84 bits per heavy atom. The predicted molar refractivity (Wildman–Crippen MR) is 128 cm³/mol. The molecule has 0 N–H and O–H groups in total. The van der Waals surface area contributed by atoms with E-state index in [1.54, 1.807) is 25.2 Å². The quantitative estimate of drug-likeness (QED) is 0.573. The highest BCUT2D eigenvalue weighted by Gasteiger charge is 2.33. The largest absolute Gasteiger partial charge is 0.339 e. The van der Waals surface area contributed by atoms with Crippen molar-refractivity contribution in [2.24, 2.45) is 13.0 Å². The van der Waals surface area contributed by atoms with Crippen LogP contribution in [0.15, 0.2) is 27.8 Å². The zero-order valence-corrected chi connectivity index (χ0v) is 19.9. The molecular formula is C23H27Cl2N5O2. The van der Waals surface area contributed by atoms with Gasteiger partial charge in [-0.15, -0.1) is 0 Å². The fourth-order valence-corrected chi connectivity index (χ4v) is 5.67. The Bertz CT molecular complexity index is 1300. The van der Waals surface area contributed by atoms with E-state index in [1.165, 1.54) is 28.4 Å². The summed E-state index contributed by atoms with van der Waals surface area (Å²) in [4.78, 5) is 34.0. The molecular weight excluding hydrogens is 449 g/mol. The van der Waals surface area contributed by atoms with Gasteiger partial charge in [0, 0.05) is 36.2 Å². The van der Waals surface area contributed by atoms with E-state index >= 15 is 0 Å². The van der Waals surface area contributed by atoms with E-state index in [0.717, 1.165) is 25.3 Å². The van der Waals surface area contributed by atoms with Crippen molar-refractivity contribution in [3.05, 3.63) is 54.6 Å². The number of anilines is 1. The van der Waals surface area contributed by atoms with E-state index in [9.17, 15) is 9.59 Å². The Morgan fingerprint density at radius 1 is 1.09 bits per heavy atom. The van der Waals surface area contributed by atoms with Crippen LogP contribution < -0.4 is 16.1 Å². The van der Waals surface area contributed by atoms with Crippen molar-refractivity contribution < 1.29 is 0 Å². The van der Waals surface area contributed by atoms with E-state index in [2.05, 4.69) is 11.8 Å². The molecule has 7 nitrogen and oxygen atoms in total. The van der Waals surface area contributed by atoms with Crippen LogP contribution in [0.25, 0.3) is 11.2 Å². The van der Waals surface area contributed by atoms with Gasteiger partial charge in [-0.25, -0.2) is 4.79 Å². The van der Waals surface area contributed by atoms with Gasteiger partial charge >= 0.3 is 5.69 Å². The standard InChI is InChI=1S/C23H27Cl2N5O2/c1-14-11-28(17-6-4-3-5-7-17)22-26-20-19(29(22)12-14)21(31)30(23(32)27(20)2)13-15-8-9-16(24)10-18(15)25/h8-10,14,17H,3-7,11-13H2,1-2H3/t14-/m0/s1. The first-order chi connectivity index (χ1) is 15.3. The summed E-state index contributed by atoms with van der Waals surface area (Å²) < 4.78 is 4.76. The van der Waals surface area contributed by atoms with Crippen molar-refractivity contribution in [2.45, 2.75) is 58.2 Å². The van der Waals surface area contributed by atoms with Crippen LogP contribution in [0.2, 0.25) is 10.0 Å². The molecule has 0 saturated heterocycles. The summed E-state index contributed by atoms with van der Waals surface area (Å²) in [6, 6.07) is 5.52. The van der Waals surface area contributed by atoms with Crippen molar-refractivity contribution in [3.8, 4) is 0 Å². The fourth-order valence-electron chi connectivity index (χ4n) is 5.20. The van der Waals surface area contributed by atoms with E-state index in [1.807, 2.05) is 4.57 Å². The first kappa shape index (κ1) is 21.6. The van der Waals surface area contributed by atoms with E-state index in [-0.39, 0.29) is 12.1 Å². The van der Waals surface area contributed by atoms with Gasteiger partial charge in [0.2, 0.25) is 5.95 Å². The molecule has 32 heavy (non-hydrogen) atoms. The molecule has 0 unspecified atom stereocenters. The van der Waals surface area contributed by atoms with Crippen molar-refractivity contribution in [2.75, 3.05) is 11.4 Å². The van der Waals surface area contributed by atoms with Gasteiger partial charge in [-0.3, -0.25) is 13.9 Å². The highest BCUT2D eigenvalue weighted by Crippen LogP contribution is 2.33. The second-order valence-electron chi connectivity index (χ2n) is 9.21. The Kier molecular flexibility index (Phi) is 5.58. The summed E-state index contributed by atoms with van der Waals surface area (Å²) in [6.45, 7) is 3.93. The normalized spacial score (nSPS) is 19.5. The van der Waals surface area contributed by atoms with Gasteiger partial charge in [-0.05, 0) is 36.5 Å². The third kappa shape index (κ3) is 3.55. The summed E-state index contributed by atoms with van der Waals surface area (Å²) in [6.07, 6.45) is 6.02. The highest BCUT2D eigenvalue weighted by molar-refractivity contribution is 6.35. The van der Waals surface area contributed by atoms with Gasteiger partial charge in [-0.1, -0.05) is 55.5 Å². The monoisotopic (exact) mass is 475 g/mol. The number of hydrogen-bond acceptors (Lipinski definition) is 4. The highest BCUT2D eigenvalue weighted by atomic mass is 35.5. The third-order valence-electron chi connectivity index (χ3n) is 6.83. The maximum atomic E-state index is 13.6. The summed E-state index contributed by atoms with van der Waals surface area (Å²) >= 11 is 12.3. The molecule has 3 heterocycles. The first-order valence-corrected chi connectivity index (χ1v) is 12.0. The van der Waals surface area contributed by atoms with Gasteiger partial charge in [0.05, 0.1) is 6.54 Å². The number of nitrogens with zero attached hydrogens (tertiary/aromatic N) is 5. The van der Waals surface area contributed by atoms with Gasteiger partial charge in [-0.2, -0.15) is 4.98 Å². The van der Waals surface area contributed by atoms with Gasteiger partial charge in [0.1, 0.15) is 0 Å². The zero-order chi connectivity index (χ0) is 22.6. The van der Waals surface area contributed by atoms with Crippen LogP contribution in [-0.4, -0.2) is 31.3 Å². The second-order valence-corrected chi connectivity index (χ2v) is 10.1. The molecule has 9 heteroatoms. The van der Waals surface area contributed by atoms with Crippen LogP contribution in [0.4, 0.5) is 5.95 Å². The molecule has 1 aliphatic heterocycles. The molecule has 5 rings (SSSR count). The Balaban J connectivity index is 1.67. The Morgan fingerprint density at radius 3 is 2.56 bits per heavy atom. The number of aryl methyl sites for hydroxylation is 1. The summed E-state index contributed by atoms with van der Waals surface area (Å²) in [5.41, 5.74) is 0.875. The average molecular weight is 476 g/mol. The van der Waals surface area contributed by atoms with Gasteiger partial charge in [0.25, 0.3) is 5.56 Å². The maximum Gasteiger partial charge on any atom is 0.332 e. The summed E-state index contributed by atoms with van der Waals surface area (Å²) in [7, 11) is 1.68. The number of rotatable bonds is 3. The lowest BCUT2D eigenvalue weighted by atomic mass is 9.93. The van der Waals surface area contributed by atoms with Gasteiger partial charge < -0.3 is 9.47 Å². The number of fused-ring (bicyclic) bond motifs is 3. The van der Waals surface area contributed by atoms with Crippen molar-refractivity contribution in [1.29, 1.82) is 0 Å². The molecule has 1 aromatic carbocycles. The minimum Gasteiger partial charge on any atom is -0.339 e. The minimum atomic E-state index is -0.402. The Hall–Kier alpha value is -2.25. The molecule has 0 spiro atoms. The first-order valence-electron chi connectivity index (χ1n) is 11.3. The van der Waals surface area contributed by atoms with Crippen molar-refractivity contribution in [1.82, 2.24) is 18.7 Å². The SMILES string of the molecule is C[C@H]1CN(C2CCCCC2)c2nc3c(c(=O)n(Cc4ccc(Cl)cc4Cl)c(=O)n3C)n2C1. The number of benzene rings is 1. The number of aromatic nitrogens is 4. The number of halogens is 2. The lowest BCUT2D eigenvalue weighted by Gasteiger charge is -2.40. The molecule has 1 saturated carbocycles. The van der Waals surface area contributed by atoms with Crippen molar-refractivity contribution >= 4 is 40.3 Å². The smallest absolute Gasteiger partial charge is 0.332 e. The van der Waals surface area contributed by atoms with Gasteiger partial charge in [0.15, 0.2) is 11.2 Å². The van der Waals surface area contributed by atoms with Crippen LogP contribution in [0.1, 0.15) is 44.6 Å². The lowest BCUT2D eigenvalue weighted by Crippen LogP contribution is -2.45. The van der Waals surface area contributed by atoms with Crippen LogP contribution >= 0.6 is 23.2 Å². The van der Waals surface area contributed by atoms with Crippen LogP contribution in [-0.2, 0) is 20.1 Å². The summed E-state index contributed by atoms with van der Waals surface area (Å²) in [5.74, 6) is 1.21. The van der Waals surface area contributed by atoms with Crippen LogP contribution in [0.3, 0.4) is 0 Å².